The van der Waals surface area contributed by atoms with Gasteiger partial charge in [0.2, 0.25) is 0 Å². The van der Waals surface area contributed by atoms with Crippen molar-refractivity contribution in [3.05, 3.63) is 53.6 Å². The first-order valence-electron chi connectivity index (χ1n) is 6.71. The highest BCUT2D eigenvalue weighted by molar-refractivity contribution is 6.20. The summed E-state index contributed by atoms with van der Waals surface area (Å²) in [6.45, 7) is 4.16. The Morgan fingerprint density at radius 2 is 1.76 bits per heavy atom. The number of carbonyl (C=O) groups is 2. The van der Waals surface area contributed by atoms with E-state index in [4.69, 9.17) is 4.84 Å². The van der Waals surface area contributed by atoms with Crippen molar-refractivity contribution in [3.63, 3.8) is 0 Å². The lowest BCUT2D eigenvalue weighted by molar-refractivity contribution is -0.102. The number of nitrogens with zero attached hydrogens (tertiary/aromatic N) is 3. The molecule has 2 heterocycles. The Morgan fingerprint density at radius 1 is 1.14 bits per heavy atom. The van der Waals surface area contributed by atoms with Crippen LogP contribution in [-0.2, 0) is 11.4 Å². The van der Waals surface area contributed by atoms with Gasteiger partial charge in [-0.2, -0.15) is 0 Å². The van der Waals surface area contributed by atoms with Crippen molar-refractivity contribution >= 4 is 11.8 Å². The van der Waals surface area contributed by atoms with E-state index in [0.717, 1.165) is 10.8 Å². The van der Waals surface area contributed by atoms with Crippen LogP contribution in [0.15, 0.2) is 36.8 Å². The zero-order valence-corrected chi connectivity index (χ0v) is 11.8. The summed E-state index contributed by atoms with van der Waals surface area (Å²) in [6.07, 6.45) is 3.36. The molecule has 21 heavy (non-hydrogen) atoms. The van der Waals surface area contributed by atoms with Crippen molar-refractivity contribution < 1.29 is 14.4 Å². The van der Waals surface area contributed by atoms with Gasteiger partial charge in [0.15, 0.2) is 0 Å². The Bertz CT molecular complexity index is 671. The van der Waals surface area contributed by atoms with Crippen molar-refractivity contribution in [2.45, 2.75) is 26.5 Å². The molecule has 2 aromatic rings. The fourth-order valence-corrected chi connectivity index (χ4v) is 2.32. The summed E-state index contributed by atoms with van der Waals surface area (Å²) in [5.74, 6) is -0.850. The Morgan fingerprint density at radius 3 is 2.33 bits per heavy atom. The number of hydrogen-bond donors (Lipinski definition) is 0. The van der Waals surface area contributed by atoms with Crippen molar-refractivity contribution in [1.29, 1.82) is 0 Å². The molecule has 0 saturated carbocycles. The first-order chi connectivity index (χ1) is 10.1. The van der Waals surface area contributed by atoms with E-state index in [1.54, 1.807) is 36.8 Å². The average molecular weight is 285 g/mol. The number of benzene rings is 1. The molecule has 0 unspecified atom stereocenters. The van der Waals surface area contributed by atoms with Crippen LogP contribution >= 0.6 is 0 Å². The molecular weight excluding hydrogens is 270 g/mol. The average Bonchev–Trinajstić information content (AvgIpc) is 3.03. The van der Waals surface area contributed by atoms with Gasteiger partial charge in [0, 0.05) is 6.04 Å². The molecule has 1 aliphatic rings. The summed E-state index contributed by atoms with van der Waals surface area (Å²) in [6, 6.07) is 6.92. The zero-order valence-electron chi connectivity index (χ0n) is 11.8. The lowest BCUT2D eigenvalue weighted by atomic mass is 10.1. The second kappa shape index (κ2) is 5.14. The zero-order chi connectivity index (χ0) is 15.0. The van der Waals surface area contributed by atoms with Crippen LogP contribution < -0.4 is 0 Å². The molecular formula is C15H15N3O3. The first kappa shape index (κ1) is 13.5. The standard InChI is InChI=1S/C15H15N3O3/c1-10(2)17-9-16-7-11(17)8-21-18-14(19)12-5-3-4-6-13(12)15(18)20/h3-7,9-10H,8H2,1-2H3. The Kier molecular flexibility index (Phi) is 3.31. The van der Waals surface area contributed by atoms with Crippen LogP contribution in [-0.4, -0.2) is 26.4 Å². The molecule has 0 atom stereocenters. The molecule has 0 radical (unpaired) electrons. The summed E-state index contributed by atoms with van der Waals surface area (Å²) < 4.78 is 1.93. The molecule has 1 aromatic heterocycles. The van der Waals surface area contributed by atoms with Gasteiger partial charge in [0.05, 0.1) is 29.3 Å². The van der Waals surface area contributed by atoms with Crippen LogP contribution in [0.3, 0.4) is 0 Å². The fraction of sp³-hybridized carbons (Fsp3) is 0.267. The molecule has 1 aliphatic heterocycles. The van der Waals surface area contributed by atoms with E-state index in [1.165, 1.54) is 0 Å². The van der Waals surface area contributed by atoms with Gasteiger partial charge in [-0.15, -0.1) is 5.06 Å². The van der Waals surface area contributed by atoms with E-state index < -0.39 is 11.8 Å². The maximum Gasteiger partial charge on any atom is 0.285 e. The van der Waals surface area contributed by atoms with Crippen LogP contribution in [0.5, 0.6) is 0 Å². The minimum absolute atomic E-state index is 0.115. The van der Waals surface area contributed by atoms with Crippen LogP contribution in [0.2, 0.25) is 0 Å². The summed E-state index contributed by atoms with van der Waals surface area (Å²) in [7, 11) is 0. The normalized spacial score (nSPS) is 14.1. The smallest absolute Gasteiger partial charge is 0.285 e. The minimum Gasteiger partial charge on any atom is -0.330 e. The van der Waals surface area contributed by atoms with Crippen LogP contribution in [0.25, 0.3) is 0 Å². The van der Waals surface area contributed by atoms with E-state index >= 15 is 0 Å². The SMILES string of the molecule is CC(C)n1cncc1CON1C(=O)c2ccccc2C1=O. The van der Waals surface area contributed by atoms with Gasteiger partial charge in [0.1, 0.15) is 6.61 Å². The van der Waals surface area contributed by atoms with E-state index in [2.05, 4.69) is 4.98 Å². The summed E-state index contributed by atoms with van der Waals surface area (Å²) >= 11 is 0. The van der Waals surface area contributed by atoms with E-state index in [-0.39, 0.29) is 12.6 Å². The second-order valence-corrected chi connectivity index (χ2v) is 5.11. The van der Waals surface area contributed by atoms with Gasteiger partial charge >= 0.3 is 0 Å². The van der Waals surface area contributed by atoms with E-state index in [0.29, 0.717) is 11.1 Å². The number of hydrogen-bond acceptors (Lipinski definition) is 4. The van der Waals surface area contributed by atoms with Crippen LogP contribution in [0, 0.1) is 0 Å². The highest BCUT2D eigenvalue weighted by atomic mass is 16.7. The molecule has 3 rings (SSSR count). The van der Waals surface area contributed by atoms with E-state index in [1.807, 2.05) is 18.4 Å². The highest BCUT2D eigenvalue weighted by Crippen LogP contribution is 2.23. The molecule has 0 aliphatic carbocycles. The molecule has 0 spiro atoms. The van der Waals surface area contributed by atoms with Crippen molar-refractivity contribution in [2.75, 3.05) is 0 Å². The predicted molar refractivity (Wildman–Crippen MR) is 74.3 cm³/mol. The largest absolute Gasteiger partial charge is 0.330 e. The molecule has 6 heteroatoms. The molecule has 6 nitrogen and oxygen atoms in total. The number of imidazole rings is 1. The van der Waals surface area contributed by atoms with Crippen molar-refractivity contribution in [2.24, 2.45) is 0 Å². The number of hydroxylamine groups is 2. The second-order valence-electron chi connectivity index (χ2n) is 5.11. The third-order valence-corrected chi connectivity index (χ3v) is 3.40. The number of aromatic nitrogens is 2. The number of carbonyl (C=O) groups excluding carboxylic acids is 2. The van der Waals surface area contributed by atoms with Gasteiger partial charge in [0.25, 0.3) is 11.8 Å². The van der Waals surface area contributed by atoms with Gasteiger partial charge in [-0.3, -0.25) is 14.4 Å². The number of rotatable bonds is 4. The molecule has 0 saturated heterocycles. The van der Waals surface area contributed by atoms with Gasteiger partial charge in [-0.25, -0.2) is 4.98 Å². The third kappa shape index (κ3) is 2.23. The summed E-state index contributed by atoms with van der Waals surface area (Å²) in [5, 5.41) is 0.822. The number of imide groups is 1. The number of fused-ring (bicyclic) bond motifs is 1. The lowest BCUT2D eigenvalue weighted by Crippen LogP contribution is -2.30. The van der Waals surface area contributed by atoms with Crippen LogP contribution in [0.4, 0.5) is 0 Å². The van der Waals surface area contributed by atoms with Crippen molar-refractivity contribution in [1.82, 2.24) is 14.6 Å². The molecule has 108 valence electrons. The topological polar surface area (TPSA) is 64.4 Å². The minimum atomic E-state index is -0.425. The molecule has 0 fully saturated rings. The third-order valence-electron chi connectivity index (χ3n) is 3.40. The monoisotopic (exact) mass is 285 g/mol. The lowest BCUT2D eigenvalue weighted by Gasteiger charge is -2.15. The van der Waals surface area contributed by atoms with Gasteiger partial charge in [-0.1, -0.05) is 12.1 Å². The quantitative estimate of drug-likeness (QED) is 0.808. The molecule has 2 amide bonds. The first-order valence-corrected chi connectivity index (χ1v) is 6.71. The van der Waals surface area contributed by atoms with Crippen LogP contribution in [0.1, 0.15) is 46.3 Å². The maximum atomic E-state index is 12.1. The Balaban J connectivity index is 1.77. The fourth-order valence-electron chi connectivity index (χ4n) is 2.32. The van der Waals surface area contributed by atoms with Gasteiger partial charge < -0.3 is 4.57 Å². The maximum absolute atomic E-state index is 12.1. The summed E-state index contributed by atoms with van der Waals surface area (Å²) in [5.41, 5.74) is 1.56. The number of amides is 2. The molecule has 0 N–H and O–H groups in total. The van der Waals surface area contributed by atoms with Crippen molar-refractivity contribution in [3.8, 4) is 0 Å². The molecule has 0 bridgehead atoms. The Hall–Kier alpha value is -2.47. The summed E-state index contributed by atoms with van der Waals surface area (Å²) in [4.78, 5) is 33.8. The Labute approximate surface area is 121 Å². The highest BCUT2D eigenvalue weighted by Gasteiger charge is 2.36. The molecule has 1 aromatic carbocycles. The van der Waals surface area contributed by atoms with Gasteiger partial charge in [-0.05, 0) is 26.0 Å². The predicted octanol–water partition coefficient (Wildman–Crippen LogP) is 2.19. The van der Waals surface area contributed by atoms with E-state index in [9.17, 15) is 9.59 Å².